The fraction of sp³-hybridized carbons (Fsp3) is 0.0667. The van der Waals surface area contributed by atoms with Gasteiger partial charge in [0.25, 0.3) is 0 Å². The predicted octanol–water partition coefficient (Wildman–Crippen LogP) is 2.81. The summed E-state index contributed by atoms with van der Waals surface area (Å²) in [4.78, 5) is 22.9. The second-order valence-electron chi connectivity index (χ2n) is 3.99. The minimum Gasteiger partial charge on any atom is -0.507 e. The predicted molar refractivity (Wildman–Crippen MR) is 69.5 cm³/mol. The highest BCUT2D eigenvalue weighted by Crippen LogP contribution is 2.19. The minimum absolute atomic E-state index is 0.0569. The van der Waals surface area contributed by atoms with E-state index in [9.17, 15) is 14.7 Å². The number of aromatic hydroxyl groups is 1. The van der Waals surface area contributed by atoms with Crippen molar-refractivity contribution in [2.45, 2.75) is 6.92 Å². The highest BCUT2D eigenvalue weighted by molar-refractivity contribution is 5.95. The lowest BCUT2D eigenvalue weighted by Gasteiger charge is -2.06. The van der Waals surface area contributed by atoms with Crippen molar-refractivity contribution in [1.29, 1.82) is 0 Å². The molecular formula is C15H12O4. The van der Waals surface area contributed by atoms with Crippen LogP contribution in [0.1, 0.15) is 27.6 Å². The van der Waals surface area contributed by atoms with Crippen LogP contribution < -0.4 is 4.74 Å². The van der Waals surface area contributed by atoms with Crippen molar-refractivity contribution in [2.75, 3.05) is 0 Å². The topological polar surface area (TPSA) is 63.6 Å². The van der Waals surface area contributed by atoms with Crippen LogP contribution in [-0.2, 0) is 0 Å². The normalized spacial score (nSPS) is 9.95. The Kier molecular flexibility index (Phi) is 3.61. The standard InChI is InChI=1S/C15H12O4/c1-10(16)11-6-8-12(9-7-11)19-15(18)13-4-2-3-5-14(13)17/h2-9,17H,1H3. The highest BCUT2D eigenvalue weighted by Gasteiger charge is 2.12. The van der Waals surface area contributed by atoms with Gasteiger partial charge in [0.2, 0.25) is 0 Å². The smallest absolute Gasteiger partial charge is 0.347 e. The summed E-state index contributed by atoms with van der Waals surface area (Å²) in [6.07, 6.45) is 0. The number of ketones is 1. The van der Waals surface area contributed by atoms with Crippen LogP contribution in [0.4, 0.5) is 0 Å². The number of benzene rings is 2. The third-order valence-electron chi connectivity index (χ3n) is 2.60. The van der Waals surface area contributed by atoms with Crippen LogP contribution in [-0.4, -0.2) is 16.9 Å². The number of Topliss-reactive ketones (excluding diaryl/α,β-unsaturated/α-hetero) is 1. The number of ether oxygens (including phenoxy) is 1. The average Bonchev–Trinajstić information content (AvgIpc) is 2.39. The van der Waals surface area contributed by atoms with E-state index in [-0.39, 0.29) is 17.1 Å². The van der Waals surface area contributed by atoms with E-state index in [2.05, 4.69) is 0 Å². The number of para-hydroxylation sites is 1. The van der Waals surface area contributed by atoms with E-state index in [1.807, 2.05) is 0 Å². The number of rotatable bonds is 3. The molecule has 0 bridgehead atoms. The van der Waals surface area contributed by atoms with Crippen molar-refractivity contribution >= 4 is 11.8 Å². The van der Waals surface area contributed by atoms with Gasteiger partial charge in [-0.15, -0.1) is 0 Å². The van der Waals surface area contributed by atoms with Gasteiger partial charge in [-0.3, -0.25) is 4.79 Å². The van der Waals surface area contributed by atoms with Crippen molar-refractivity contribution < 1.29 is 19.4 Å². The molecule has 0 saturated carbocycles. The fourth-order valence-corrected chi connectivity index (χ4v) is 1.57. The molecule has 96 valence electrons. The Hall–Kier alpha value is -2.62. The fourth-order valence-electron chi connectivity index (χ4n) is 1.57. The Bertz CT molecular complexity index is 614. The molecule has 0 fully saturated rings. The largest absolute Gasteiger partial charge is 0.507 e. The molecule has 0 aliphatic carbocycles. The molecule has 19 heavy (non-hydrogen) atoms. The monoisotopic (exact) mass is 256 g/mol. The van der Waals surface area contributed by atoms with Crippen molar-refractivity contribution in [1.82, 2.24) is 0 Å². The molecule has 0 heterocycles. The summed E-state index contributed by atoms with van der Waals surface area (Å²) in [5, 5.41) is 9.53. The Morgan fingerprint density at radius 2 is 1.63 bits per heavy atom. The third kappa shape index (κ3) is 2.98. The Morgan fingerprint density at radius 3 is 2.21 bits per heavy atom. The molecule has 4 nitrogen and oxygen atoms in total. The van der Waals surface area contributed by atoms with Crippen molar-refractivity contribution in [3.05, 3.63) is 59.7 Å². The molecule has 0 saturated heterocycles. The summed E-state index contributed by atoms with van der Waals surface area (Å²) in [6.45, 7) is 1.46. The van der Waals surface area contributed by atoms with Crippen LogP contribution in [0.25, 0.3) is 0 Å². The average molecular weight is 256 g/mol. The van der Waals surface area contributed by atoms with Crippen LogP contribution in [0, 0.1) is 0 Å². The highest BCUT2D eigenvalue weighted by atomic mass is 16.5. The molecule has 0 spiro atoms. The molecule has 1 N–H and O–H groups in total. The summed E-state index contributed by atoms with van der Waals surface area (Å²) in [5.41, 5.74) is 0.639. The van der Waals surface area contributed by atoms with E-state index >= 15 is 0 Å². The molecule has 0 aromatic heterocycles. The first kappa shape index (κ1) is 12.8. The van der Waals surface area contributed by atoms with Gasteiger partial charge in [0, 0.05) is 5.56 Å². The lowest BCUT2D eigenvalue weighted by Crippen LogP contribution is -2.08. The first-order chi connectivity index (χ1) is 9.08. The van der Waals surface area contributed by atoms with E-state index in [1.165, 1.54) is 31.2 Å². The van der Waals surface area contributed by atoms with Crippen LogP contribution in [0.3, 0.4) is 0 Å². The molecule has 2 aromatic carbocycles. The zero-order chi connectivity index (χ0) is 13.8. The number of hydrogen-bond acceptors (Lipinski definition) is 4. The number of carbonyl (C=O) groups is 2. The molecule has 0 atom stereocenters. The quantitative estimate of drug-likeness (QED) is 0.521. The van der Waals surface area contributed by atoms with Gasteiger partial charge in [0.15, 0.2) is 5.78 Å². The van der Waals surface area contributed by atoms with E-state index in [1.54, 1.807) is 24.3 Å². The molecule has 0 aliphatic rings. The number of phenolic OH excluding ortho intramolecular Hbond substituents is 1. The third-order valence-corrected chi connectivity index (χ3v) is 2.60. The first-order valence-corrected chi connectivity index (χ1v) is 5.69. The first-order valence-electron chi connectivity index (χ1n) is 5.69. The summed E-state index contributed by atoms with van der Waals surface area (Å²) in [6, 6.07) is 12.4. The van der Waals surface area contributed by atoms with Gasteiger partial charge in [-0.05, 0) is 43.3 Å². The molecule has 0 amide bonds. The molecule has 2 aromatic rings. The Balaban J connectivity index is 2.15. The maximum atomic E-state index is 11.8. The maximum Gasteiger partial charge on any atom is 0.347 e. The number of phenols is 1. The second kappa shape index (κ2) is 5.35. The molecule has 0 radical (unpaired) electrons. The number of hydrogen-bond donors (Lipinski definition) is 1. The zero-order valence-electron chi connectivity index (χ0n) is 10.3. The van der Waals surface area contributed by atoms with Crippen LogP contribution in [0.2, 0.25) is 0 Å². The van der Waals surface area contributed by atoms with Crippen LogP contribution in [0.15, 0.2) is 48.5 Å². The van der Waals surface area contributed by atoms with Crippen molar-refractivity contribution in [3.8, 4) is 11.5 Å². The van der Waals surface area contributed by atoms with Crippen molar-refractivity contribution in [2.24, 2.45) is 0 Å². The van der Waals surface area contributed by atoms with Gasteiger partial charge in [-0.2, -0.15) is 0 Å². The SMILES string of the molecule is CC(=O)c1ccc(OC(=O)c2ccccc2O)cc1. The lowest BCUT2D eigenvalue weighted by atomic mass is 10.1. The molecule has 0 aliphatic heterocycles. The van der Waals surface area contributed by atoms with Gasteiger partial charge in [-0.1, -0.05) is 12.1 Å². The lowest BCUT2D eigenvalue weighted by molar-refractivity contribution is 0.0731. The Morgan fingerprint density at radius 1 is 1.00 bits per heavy atom. The van der Waals surface area contributed by atoms with Gasteiger partial charge < -0.3 is 9.84 Å². The van der Waals surface area contributed by atoms with Gasteiger partial charge in [-0.25, -0.2) is 4.79 Å². The van der Waals surface area contributed by atoms with Crippen molar-refractivity contribution in [3.63, 3.8) is 0 Å². The van der Waals surface area contributed by atoms with E-state index < -0.39 is 5.97 Å². The summed E-state index contributed by atoms with van der Waals surface area (Å²) >= 11 is 0. The Labute approximate surface area is 110 Å². The summed E-state index contributed by atoms with van der Waals surface area (Å²) < 4.78 is 5.11. The maximum absolute atomic E-state index is 11.8. The molecular weight excluding hydrogens is 244 g/mol. The van der Waals surface area contributed by atoms with E-state index in [0.717, 1.165) is 0 Å². The van der Waals surface area contributed by atoms with Crippen LogP contribution in [0.5, 0.6) is 11.5 Å². The molecule has 2 rings (SSSR count). The number of esters is 1. The van der Waals surface area contributed by atoms with E-state index in [0.29, 0.717) is 11.3 Å². The minimum atomic E-state index is -0.645. The molecule has 0 unspecified atom stereocenters. The number of carbonyl (C=O) groups excluding carboxylic acids is 2. The van der Waals surface area contributed by atoms with Gasteiger partial charge in [0.1, 0.15) is 17.1 Å². The van der Waals surface area contributed by atoms with Crippen LogP contribution >= 0.6 is 0 Å². The zero-order valence-corrected chi connectivity index (χ0v) is 10.3. The van der Waals surface area contributed by atoms with Gasteiger partial charge in [0.05, 0.1) is 0 Å². The summed E-state index contributed by atoms with van der Waals surface area (Å²) in [5.74, 6) is -0.515. The molecule has 4 heteroatoms. The van der Waals surface area contributed by atoms with E-state index in [4.69, 9.17) is 4.74 Å². The summed E-state index contributed by atoms with van der Waals surface area (Å²) in [7, 11) is 0. The van der Waals surface area contributed by atoms with Gasteiger partial charge >= 0.3 is 5.97 Å². The second-order valence-corrected chi connectivity index (χ2v) is 3.99.